The average molecular weight is 289 g/mol. The van der Waals surface area contributed by atoms with Crippen LogP contribution in [0.25, 0.3) is 0 Å². The fourth-order valence-electron chi connectivity index (χ4n) is 2.44. The molecule has 1 N–H and O–H groups in total. The molecule has 0 saturated carbocycles. The molecule has 6 heteroatoms. The predicted octanol–water partition coefficient (Wildman–Crippen LogP) is 0.853. The number of benzene rings is 1. The largest absolute Gasteiger partial charge is 0.395 e. The maximum atomic E-state index is 9.35. The number of hydrogen-bond donors (Lipinski definition) is 1. The Morgan fingerprint density at radius 2 is 2.14 bits per heavy atom. The van der Waals surface area contributed by atoms with Crippen LogP contribution in [0.4, 0.5) is 0 Å². The number of aliphatic hydroxyl groups is 1. The molecule has 1 aliphatic rings. The van der Waals surface area contributed by atoms with E-state index in [2.05, 4.69) is 15.0 Å². The highest BCUT2D eigenvalue weighted by Crippen LogP contribution is 2.12. The number of hydrogen-bond acceptors (Lipinski definition) is 6. The van der Waals surface area contributed by atoms with Crippen LogP contribution in [0.3, 0.4) is 0 Å². The van der Waals surface area contributed by atoms with Crippen LogP contribution in [0, 0.1) is 0 Å². The van der Waals surface area contributed by atoms with Crippen LogP contribution in [-0.2, 0) is 17.7 Å². The van der Waals surface area contributed by atoms with E-state index in [9.17, 15) is 5.11 Å². The predicted molar refractivity (Wildman–Crippen MR) is 75.6 cm³/mol. The molecule has 0 radical (unpaired) electrons. The summed E-state index contributed by atoms with van der Waals surface area (Å²) in [6.45, 7) is 2.60. The Labute approximate surface area is 123 Å². The highest BCUT2D eigenvalue weighted by molar-refractivity contribution is 5.18. The van der Waals surface area contributed by atoms with E-state index in [-0.39, 0.29) is 12.6 Å². The first-order valence-corrected chi connectivity index (χ1v) is 7.13. The first kappa shape index (κ1) is 14.2. The Bertz CT molecular complexity index is 558. The maximum absolute atomic E-state index is 9.35. The molecule has 0 amide bonds. The minimum atomic E-state index is 0.00298. The van der Waals surface area contributed by atoms with Gasteiger partial charge in [0.1, 0.15) is 0 Å². The van der Waals surface area contributed by atoms with Crippen molar-refractivity contribution in [3.05, 3.63) is 47.6 Å². The number of ether oxygens (including phenoxy) is 1. The molecule has 0 aliphatic carbocycles. The molecule has 1 aliphatic heterocycles. The monoisotopic (exact) mass is 289 g/mol. The van der Waals surface area contributed by atoms with Crippen molar-refractivity contribution in [2.45, 2.75) is 19.0 Å². The van der Waals surface area contributed by atoms with E-state index in [4.69, 9.17) is 9.26 Å². The molecular formula is C15H19N3O3. The Kier molecular flexibility index (Phi) is 4.59. The second kappa shape index (κ2) is 6.80. The van der Waals surface area contributed by atoms with Crippen molar-refractivity contribution in [2.24, 2.45) is 0 Å². The van der Waals surface area contributed by atoms with Gasteiger partial charge in [0.15, 0.2) is 5.82 Å². The molecule has 0 spiro atoms. The van der Waals surface area contributed by atoms with Gasteiger partial charge in [-0.05, 0) is 5.56 Å². The molecule has 1 unspecified atom stereocenters. The Morgan fingerprint density at radius 3 is 2.95 bits per heavy atom. The van der Waals surface area contributed by atoms with E-state index < -0.39 is 0 Å². The summed E-state index contributed by atoms with van der Waals surface area (Å²) in [5, 5.41) is 13.4. The van der Waals surface area contributed by atoms with Crippen molar-refractivity contribution in [3.63, 3.8) is 0 Å². The topological polar surface area (TPSA) is 71.6 Å². The SMILES string of the molecule is OCC1COCCN1Cc1nc(Cc2ccccc2)no1. The molecule has 0 bridgehead atoms. The average Bonchev–Trinajstić information content (AvgIpc) is 2.96. The molecule has 1 saturated heterocycles. The van der Waals surface area contributed by atoms with E-state index >= 15 is 0 Å². The Balaban J connectivity index is 1.62. The zero-order valence-corrected chi connectivity index (χ0v) is 11.8. The zero-order chi connectivity index (χ0) is 14.5. The van der Waals surface area contributed by atoms with Crippen LogP contribution in [-0.4, -0.2) is 52.6 Å². The second-order valence-electron chi connectivity index (χ2n) is 5.15. The van der Waals surface area contributed by atoms with E-state index in [0.717, 1.165) is 12.1 Å². The third-order valence-electron chi connectivity index (χ3n) is 3.61. The Morgan fingerprint density at radius 1 is 1.29 bits per heavy atom. The Hall–Kier alpha value is -1.76. The van der Waals surface area contributed by atoms with Gasteiger partial charge in [-0.2, -0.15) is 4.98 Å². The van der Waals surface area contributed by atoms with Gasteiger partial charge in [-0.25, -0.2) is 0 Å². The lowest BCUT2D eigenvalue weighted by Crippen LogP contribution is -2.46. The standard InChI is InChI=1S/C15H19N3O3/c19-10-13-11-20-7-6-18(13)9-15-16-14(17-21-15)8-12-4-2-1-3-5-12/h1-5,13,19H,6-11H2. The highest BCUT2D eigenvalue weighted by Gasteiger charge is 2.24. The second-order valence-corrected chi connectivity index (χ2v) is 5.15. The summed E-state index contributed by atoms with van der Waals surface area (Å²) < 4.78 is 10.7. The molecule has 1 atom stereocenters. The van der Waals surface area contributed by atoms with Gasteiger partial charge in [0.25, 0.3) is 0 Å². The van der Waals surface area contributed by atoms with Crippen molar-refractivity contribution in [3.8, 4) is 0 Å². The first-order chi connectivity index (χ1) is 10.3. The number of aromatic nitrogens is 2. The quantitative estimate of drug-likeness (QED) is 0.880. The number of rotatable bonds is 5. The lowest BCUT2D eigenvalue weighted by Gasteiger charge is -2.33. The summed E-state index contributed by atoms with van der Waals surface area (Å²) >= 11 is 0. The lowest BCUT2D eigenvalue weighted by molar-refractivity contribution is -0.0348. The van der Waals surface area contributed by atoms with E-state index in [0.29, 0.717) is 37.9 Å². The normalized spacial score (nSPS) is 19.8. The van der Waals surface area contributed by atoms with Gasteiger partial charge in [0, 0.05) is 13.0 Å². The lowest BCUT2D eigenvalue weighted by atomic mass is 10.1. The molecule has 1 aromatic heterocycles. The smallest absolute Gasteiger partial charge is 0.240 e. The van der Waals surface area contributed by atoms with E-state index in [1.165, 1.54) is 0 Å². The number of morpholine rings is 1. The van der Waals surface area contributed by atoms with E-state index in [1.54, 1.807) is 0 Å². The molecular weight excluding hydrogens is 270 g/mol. The van der Waals surface area contributed by atoms with Gasteiger partial charge in [-0.3, -0.25) is 4.90 Å². The molecule has 2 aromatic rings. The van der Waals surface area contributed by atoms with Gasteiger partial charge in [-0.1, -0.05) is 35.5 Å². The van der Waals surface area contributed by atoms with Crippen molar-refractivity contribution >= 4 is 0 Å². The van der Waals surface area contributed by atoms with E-state index in [1.807, 2.05) is 30.3 Å². The molecule has 112 valence electrons. The third kappa shape index (κ3) is 3.66. The van der Waals surface area contributed by atoms with Crippen molar-refractivity contribution in [1.82, 2.24) is 15.0 Å². The van der Waals surface area contributed by atoms with Crippen molar-refractivity contribution in [2.75, 3.05) is 26.4 Å². The zero-order valence-electron chi connectivity index (χ0n) is 11.8. The van der Waals surface area contributed by atoms with Gasteiger partial charge in [-0.15, -0.1) is 0 Å². The third-order valence-corrected chi connectivity index (χ3v) is 3.61. The van der Waals surface area contributed by atoms with Crippen LogP contribution in [0.2, 0.25) is 0 Å². The first-order valence-electron chi connectivity index (χ1n) is 7.13. The molecule has 21 heavy (non-hydrogen) atoms. The highest BCUT2D eigenvalue weighted by atomic mass is 16.5. The van der Waals surface area contributed by atoms with Gasteiger partial charge in [0.05, 0.1) is 32.4 Å². The van der Waals surface area contributed by atoms with Gasteiger partial charge >= 0.3 is 0 Å². The summed E-state index contributed by atoms with van der Waals surface area (Å²) in [6.07, 6.45) is 0.664. The van der Waals surface area contributed by atoms with Crippen LogP contribution in [0.1, 0.15) is 17.3 Å². The summed E-state index contributed by atoms with van der Waals surface area (Å²) in [5.41, 5.74) is 1.16. The molecule has 1 aromatic carbocycles. The van der Waals surface area contributed by atoms with Crippen molar-refractivity contribution in [1.29, 1.82) is 0 Å². The van der Waals surface area contributed by atoms with Crippen LogP contribution < -0.4 is 0 Å². The molecule has 2 heterocycles. The summed E-state index contributed by atoms with van der Waals surface area (Å²) in [6, 6.07) is 10.1. The van der Waals surface area contributed by atoms with Crippen LogP contribution in [0.15, 0.2) is 34.9 Å². The fourth-order valence-corrected chi connectivity index (χ4v) is 2.44. The maximum Gasteiger partial charge on any atom is 0.240 e. The molecule has 3 rings (SSSR count). The molecule has 1 fully saturated rings. The number of aliphatic hydroxyl groups excluding tert-OH is 1. The van der Waals surface area contributed by atoms with Crippen molar-refractivity contribution < 1.29 is 14.4 Å². The van der Waals surface area contributed by atoms with Crippen LogP contribution >= 0.6 is 0 Å². The number of nitrogens with zero attached hydrogens (tertiary/aromatic N) is 3. The minimum Gasteiger partial charge on any atom is -0.395 e. The van der Waals surface area contributed by atoms with Gasteiger partial charge < -0.3 is 14.4 Å². The van der Waals surface area contributed by atoms with Gasteiger partial charge in [0.2, 0.25) is 5.89 Å². The minimum absolute atomic E-state index is 0.00298. The molecule has 6 nitrogen and oxygen atoms in total. The summed E-state index contributed by atoms with van der Waals surface area (Å²) in [5.74, 6) is 1.27. The summed E-state index contributed by atoms with van der Waals surface area (Å²) in [4.78, 5) is 6.54. The summed E-state index contributed by atoms with van der Waals surface area (Å²) in [7, 11) is 0. The van der Waals surface area contributed by atoms with Crippen LogP contribution in [0.5, 0.6) is 0 Å². The fraction of sp³-hybridized carbons (Fsp3) is 0.467.